The zero-order valence-corrected chi connectivity index (χ0v) is 14.9. The highest BCUT2D eigenvalue weighted by Crippen LogP contribution is 2.16. The molecule has 0 aliphatic carbocycles. The number of sulfonamides is 1. The summed E-state index contributed by atoms with van der Waals surface area (Å²) in [7, 11) is -3.64. The quantitative estimate of drug-likeness (QED) is 0.697. The van der Waals surface area contributed by atoms with Gasteiger partial charge in [-0.15, -0.1) is 0 Å². The molecule has 2 N–H and O–H groups in total. The first-order chi connectivity index (χ1) is 12.4. The fourth-order valence-corrected chi connectivity index (χ4v) is 3.30. The van der Waals surface area contributed by atoms with Crippen molar-refractivity contribution in [3.63, 3.8) is 0 Å². The van der Waals surface area contributed by atoms with Crippen molar-refractivity contribution >= 4 is 21.6 Å². The standard InChI is InChI=1S/C19H18N2O4S/c1-14-2-4-16(5-3-14)19(22)21-17-6-8-18(9-7-17)26(23,24)20-12-15-10-11-25-13-15/h2-11,13,20H,12H2,1H3,(H,21,22). The molecule has 0 unspecified atom stereocenters. The molecule has 0 bridgehead atoms. The number of amides is 1. The lowest BCUT2D eigenvalue weighted by atomic mass is 10.1. The number of hydrogen-bond donors (Lipinski definition) is 2. The first-order valence-electron chi connectivity index (χ1n) is 7.93. The van der Waals surface area contributed by atoms with Crippen LogP contribution in [0.2, 0.25) is 0 Å². The molecular formula is C19H18N2O4S. The minimum Gasteiger partial charge on any atom is -0.472 e. The van der Waals surface area contributed by atoms with Crippen molar-refractivity contribution in [2.45, 2.75) is 18.4 Å². The lowest BCUT2D eigenvalue weighted by Crippen LogP contribution is -2.23. The first-order valence-corrected chi connectivity index (χ1v) is 9.41. The van der Waals surface area contributed by atoms with E-state index in [2.05, 4.69) is 10.0 Å². The zero-order valence-electron chi connectivity index (χ0n) is 14.1. The lowest BCUT2D eigenvalue weighted by Gasteiger charge is -2.08. The van der Waals surface area contributed by atoms with Gasteiger partial charge in [-0.3, -0.25) is 4.79 Å². The largest absolute Gasteiger partial charge is 0.472 e. The molecule has 134 valence electrons. The molecule has 3 aromatic rings. The third-order valence-corrected chi connectivity index (χ3v) is 5.20. The molecule has 0 saturated carbocycles. The fourth-order valence-electron chi connectivity index (χ4n) is 2.28. The molecule has 0 aliphatic rings. The minimum absolute atomic E-state index is 0.120. The Morgan fingerprint density at radius 3 is 2.31 bits per heavy atom. The molecule has 1 heterocycles. The van der Waals surface area contributed by atoms with Crippen LogP contribution >= 0.6 is 0 Å². The van der Waals surface area contributed by atoms with E-state index in [1.54, 1.807) is 30.3 Å². The van der Waals surface area contributed by atoms with E-state index >= 15 is 0 Å². The summed E-state index contributed by atoms with van der Waals surface area (Å²) in [4.78, 5) is 12.3. The molecule has 2 aromatic carbocycles. The highest BCUT2D eigenvalue weighted by molar-refractivity contribution is 7.89. The van der Waals surface area contributed by atoms with Gasteiger partial charge in [0.25, 0.3) is 5.91 Å². The molecule has 6 nitrogen and oxygen atoms in total. The SMILES string of the molecule is Cc1ccc(C(=O)Nc2ccc(S(=O)(=O)NCc3ccoc3)cc2)cc1. The summed E-state index contributed by atoms with van der Waals surface area (Å²) in [5.41, 5.74) is 2.85. The van der Waals surface area contributed by atoms with Crippen LogP contribution in [0.1, 0.15) is 21.5 Å². The van der Waals surface area contributed by atoms with Gasteiger partial charge in [0.15, 0.2) is 0 Å². The van der Waals surface area contributed by atoms with Crippen molar-refractivity contribution in [2.75, 3.05) is 5.32 Å². The zero-order chi connectivity index (χ0) is 18.6. The third-order valence-electron chi connectivity index (χ3n) is 3.78. The van der Waals surface area contributed by atoms with Crippen molar-refractivity contribution in [3.8, 4) is 0 Å². The van der Waals surface area contributed by atoms with E-state index in [0.29, 0.717) is 11.3 Å². The highest BCUT2D eigenvalue weighted by Gasteiger charge is 2.14. The number of carbonyl (C=O) groups is 1. The molecule has 0 saturated heterocycles. The summed E-state index contributed by atoms with van der Waals surface area (Å²) in [6.07, 6.45) is 2.96. The summed E-state index contributed by atoms with van der Waals surface area (Å²) in [6.45, 7) is 2.09. The second-order valence-electron chi connectivity index (χ2n) is 5.80. The number of anilines is 1. The van der Waals surface area contributed by atoms with Crippen LogP contribution < -0.4 is 10.0 Å². The molecule has 1 aromatic heterocycles. The molecule has 0 fully saturated rings. The highest BCUT2D eigenvalue weighted by atomic mass is 32.2. The molecule has 0 radical (unpaired) electrons. The molecule has 0 spiro atoms. The van der Waals surface area contributed by atoms with Crippen molar-refractivity contribution in [2.24, 2.45) is 0 Å². The number of hydrogen-bond acceptors (Lipinski definition) is 4. The normalized spacial score (nSPS) is 11.3. The predicted molar refractivity (Wildman–Crippen MR) is 98.3 cm³/mol. The van der Waals surface area contributed by atoms with Crippen molar-refractivity contribution in [1.82, 2.24) is 4.72 Å². The predicted octanol–water partition coefficient (Wildman–Crippen LogP) is 3.32. The van der Waals surface area contributed by atoms with E-state index in [-0.39, 0.29) is 17.3 Å². The number of benzene rings is 2. The van der Waals surface area contributed by atoms with Crippen molar-refractivity contribution in [3.05, 3.63) is 83.8 Å². The lowest BCUT2D eigenvalue weighted by molar-refractivity contribution is 0.102. The summed E-state index contributed by atoms with van der Waals surface area (Å²) in [5.74, 6) is -0.251. The molecule has 0 aliphatic heterocycles. The van der Waals surface area contributed by atoms with Crippen LogP contribution in [-0.4, -0.2) is 14.3 Å². The topological polar surface area (TPSA) is 88.4 Å². The Morgan fingerprint density at radius 1 is 1.00 bits per heavy atom. The Kier molecular flexibility index (Phi) is 5.20. The number of rotatable bonds is 6. The Hall–Kier alpha value is -2.90. The van der Waals surface area contributed by atoms with Gasteiger partial charge in [0.1, 0.15) is 0 Å². The third kappa shape index (κ3) is 4.38. The Labute approximate surface area is 151 Å². The van der Waals surface area contributed by atoms with E-state index in [1.165, 1.54) is 24.7 Å². The van der Waals surface area contributed by atoms with E-state index in [0.717, 1.165) is 11.1 Å². The smallest absolute Gasteiger partial charge is 0.255 e. The van der Waals surface area contributed by atoms with Crippen LogP contribution in [0.5, 0.6) is 0 Å². The van der Waals surface area contributed by atoms with E-state index in [1.807, 2.05) is 19.1 Å². The molecule has 0 atom stereocenters. The second kappa shape index (κ2) is 7.55. The van der Waals surface area contributed by atoms with Crippen LogP contribution in [0.4, 0.5) is 5.69 Å². The van der Waals surface area contributed by atoms with Crippen LogP contribution in [0.3, 0.4) is 0 Å². The summed E-state index contributed by atoms with van der Waals surface area (Å²) in [5, 5.41) is 2.74. The number of aryl methyl sites for hydroxylation is 1. The fraction of sp³-hybridized carbons (Fsp3) is 0.105. The number of furan rings is 1. The van der Waals surface area contributed by atoms with Crippen molar-refractivity contribution in [1.29, 1.82) is 0 Å². The number of nitrogens with one attached hydrogen (secondary N) is 2. The summed E-state index contributed by atoms with van der Waals surface area (Å²) >= 11 is 0. The molecule has 3 rings (SSSR count). The maximum atomic E-state index is 12.3. The monoisotopic (exact) mass is 370 g/mol. The van der Waals surface area contributed by atoms with Gasteiger partial charge in [0.2, 0.25) is 10.0 Å². The molecule has 26 heavy (non-hydrogen) atoms. The molecular weight excluding hydrogens is 352 g/mol. The van der Waals surface area contributed by atoms with Crippen LogP contribution in [-0.2, 0) is 16.6 Å². The average Bonchev–Trinajstić information content (AvgIpc) is 3.15. The maximum absolute atomic E-state index is 12.3. The average molecular weight is 370 g/mol. The van der Waals surface area contributed by atoms with Gasteiger partial charge in [-0.05, 0) is 49.4 Å². The minimum atomic E-state index is -3.64. The van der Waals surface area contributed by atoms with Crippen LogP contribution in [0.15, 0.2) is 76.4 Å². The van der Waals surface area contributed by atoms with Gasteiger partial charge in [0.05, 0.1) is 17.4 Å². The Morgan fingerprint density at radius 2 is 1.69 bits per heavy atom. The maximum Gasteiger partial charge on any atom is 0.255 e. The Balaban J connectivity index is 1.65. The van der Waals surface area contributed by atoms with Gasteiger partial charge in [-0.2, -0.15) is 0 Å². The second-order valence-corrected chi connectivity index (χ2v) is 7.57. The molecule has 7 heteroatoms. The van der Waals surface area contributed by atoms with Gasteiger partial charge in [0, 0.05) is 23.4 Å². The first kappa shape index (κ1) is 17.9. The Bertz CT molecular complexity index is 977. The van der Waals surface area contributed by atoms with E-state index in [4.69, 9.17) is 4.42 Å². The van der Waals surface area contributed by atoms with Gasteiger partial charge in [-0.1, -0.05) is 17.7 Å². The summed E-state index contributed by atoms with van der Waals surface area (Å²) in [6, 6.07) is 14.9. The number of carbonyl (C=O) groups excluding carboxylic acids is 1. The van der Waals surface area contributed by atoms with Crippen LogP contribution in [0.25, 0.3) is 0 Å². The van der Waals surface area contributed by atoms with E-state index < -0.39 is 10.0 Å². The van der Waals surface area contributed by atoms with Gasteiger partial charge in [-0.25, -0.2) is 13.1 Å². The van der Waals surface area contributed by atoms with Crippen molar-refractivity contribution < 1.29 is 17.6 Å². The van der Waals surface area contributed by atoms with Crippen LogP contribution in [0, 0.1) is 6.92 Å². The van der Waals surface area contributed by atoms with Gasteiger partial charge < -0.3 is 9.73 Å². The van der Waals surface area contributed by atoms with Gasteiger partial charge >= 0.3 is 0 Å². The van der Waals surface area contributed by atoms with E-state index in [9.17, 15) is 13.2 Å². The molecule has 1 amide bonds. The summed E-state index contributed by atoms with van der Waals surface area (Å²) < 4.78 is 32.0.